The van der Waals surface area contributed by atoms with Crippen molar-refractivity contribution in [2.75, 3.05) is 13.1 Å². The van der Waals surface area contributed by atoms with E-state index in [0.29, 0.717) is 13.1 Å². The fraction of sp³-hybridized carbons (Fsp3) is 0.300. The Morgan fingerprint density at radius 1 is 1.25 bits per heavy atom. The molecule has 16 heavy (non-hydrogen) atoms. The minimum Gasteiger partial charge on any atom is -0.336 e. The number of amides is 2. The maximum Gasteiger partial charge on any atom is 0.317 e. The highest BCUT2D eigenvalue weighted by Gasteiger charge is 2.20. The van der Waals surface area contributed by atoms with Crippen molar-refractivity contribution in [2.24, 2.45) is 0 Å². The molecule has 0 spiro atoms. The molecule has 2 rings (SSSR count). The summed E-state index contributed by atoms with van der Waals surface area (Å²) in [5.41, 5.74) is 0.230. The first-order chi connectivity index (χ1) is 7.58. The van der Waals surface area contributed by atoms with Crippen LogP contribution >= 0.6 is 0 Å². The lowest BCUT2D eigenvalue weighted by Crippen LogP contribution is -2.27. The van der Waals surface area contributed by atoms with Crippen LogP contribution < -0.4 is 5.32 Å². The van der Waals surface area contributed by atoms with Crippen molar-refractivity contribution in [2.45, 2.75) is 6.54 Å². The SMILES string of the molecule is O=C1NCCN1Cc1cc(F)c(F)c(F)c1. The Hall–Kier alpha value is -1.72. The van der Waals surface area contributed by atoms with Crippen molar-refractivity contribution in [1.82, 2.24) is 10.2 Å². The fourth-order valence-corrected chi connectivity index (χ4v) is 1.58. The van der Waals surface area contributed by atoms with Crippen LogP contribution in [0, 0.1) is 17.5 Å². The average Bonchev–Trinajstić information content (AvgIpc) is 2.61. The molecule has 1 aliphatic rings. The summed E-state index contributed by atoms with van der Waals surface area (Å²) in [7, 11) is 0. The van der Waals surface area contributed by atoms with Gasteiger partial charge in [0.05, 0.1) is 0 Å². The van der Waals surface area contributed by atoms with Crippen molar-refractivity contribution in [3.63, 3.8) is 0 Å². The van der Waals surface area contributed by atoms with Crippen LogP contribution in [0.15, 0.2) is 12.1 Å². The van der Waals surface area contributed by atoms with E-state index in [1.54, 1.807) is 0 Å². The predicted octanol–water partition coefficient (Wildman–Crippen LogP) is 1.63. The van der Waals surface area contributed by atoms with Gasteiger partial charge in [-0.05, 0) is 17.7 Å². The van der Waals surface area contributed by atoms with Gasteiger partial charge in [0.1, 0.15) is 0 Å². The molecule has 1 aromatic carbocycles. The summed E-state index contributed by atoms with van der Waals surface area (Å²) in [6, 6.07) is 1.50. The average molecular weight is 230 g/mol. The lowest BCUT2D eigenvalue weighted by atomic mass is 10.2. The number of hydrogen-bond acceptors (Lipinski definition) is 1. The Labute approximate surface area is 89.9 Å². The highest BCUT2D eigenvalue weighted by Crippen LogP contribution is 2.15. The van der Waals surface area contributed by atoms with Gasteiger partial charge >= 0.3 is 6.03 Å². The van der Waals surface area contributed by atoms with E-state index in [9.17, 15) is 18.0 Å². The molecular formula is C10H9F3N2O. The molecule has 0 aliphatic carbocycles. The van der Waals surface area contributed by atoms with E-state index in [1.165, 1.54) is 4.90 Å². The summed E-state index contributed by atoms with van der Waals surface area (Å²) in [4.78, 5) is 12.6. The van der Waals surface area contributed by atoms with Crippen LogP contribution in [0.3, 0.4) is 0 Å². The Kier molecular flexibility index (Phi) is 2.72. The van der Waals surface area contributed by atoms with Crippen LogP contribution in [0.2, 0.25) is 0 Å². The molecule has 0 bridgehead atoms. The zero-order valence-corrected chi connectivity index (χ0v) is 8.27. The highest BCUT2D eigenvalue weighted by molar-refractivity contribution is 5.76. The van der Waals surface area contributed by atoms with Crippen LogP contribution in [0.4, 0.5) is 18.0 Å². The molecule has 0 radical (unpaired) electrons. The van der Waals surface area contributed by atoms with Gasteiger partial charge in [0.15, 0.2) is 17.5 Å². The molecule has 1 fully saturated rings. The Morgan fingerprint density at radius 2 is 1.88 bits per heavy atom. The summed E-state index contributed by atoms with van der Waals surface area (Å²) in [6.45, 7) is 1.05. The summed E-state index contributed by atoms with van der Waals surface area (Å²) in [5, 5.41) is 2.56. The molecule has 3 nitrogen and oxygen atoms in total. The third-order valence-corrected chi connectivity index (χ3v) is 2.36. The van der Waals surface area contributed by atoms with E-state index < -0.39 is 17.5 Å². The van der Waals surface area contributed by atoms with Crippen LogP contribution in [0.1, 0.15) is 5.56 Å². The first kappa shape index (κ1) is 10.8. The number of nitrogens with one attached hydrogen (secondary N) is 1. The molecular weight excluding hydrogens is 221 g/mol. The summed E-state index contributed by atoms with van der Waals surface area (Å²) in [6.07, 6.45) is 0. The first-order valence-corrected chi connectivity index (χ1v) is 4.74. The number of nitrogens with zero attached hydrogens (tertiary/aromatic N) is 1. The number of halogens is 3. The number of carbonyl (C=O) groups excluding carboxylic acids is 1. The second kappa shape index (κ2) is 4.03. The molecule has 86 valence electrons. The zero-order valence-electron chi connectivity index (χ0n) is 8.27. The van der Waals surface area contributed by atoms with Gasteiger partial charge < -0.3 is 10.2 Å². The fourth-order valence-electron chi connectivity index (χ4n) is 1.58. The highest BCUT2D eigenvalue weighted by atomic mass is 19.2. The minimum absolute atomic E-state index is 0.0694. The number of rotatable bonds is 2. The molecule has 1 heterocycles. The van der Waals surface area contributed by atoms with Gasteiger partial charge in [-0.15, -0.1) is 0 Å². The molecule has 1 saturated heterocycles. The number of benzene rings is 1. The van der Waals surface area contributed by atoms with Gasteiger partial charge in [0.25, 0.3) is 0 Å². The maximum atomic E-state index is 12.9. The standard InChI is InChI=1S/C10H9F3N2O/c11-7-3-6(4-8(12)9(7)13)5-15-2-1-14-10(15)16/h3-4H,1-2,5H2,(H,14,16). The molecule has 0 atom stereocenters. The molecule has 1 aliphatic heterocycles. The van der Waals surface area contributed by atoms with E-state index in [1.807, 2.05) is 0 Å². The van der Waals surface area contributed by atoms with E-state index in [4.69, 9.17) is 0 Å². The van der Waals surface area contributed by atoms with Gasteiger partial charge in [0.2, 0.25) is 0 Å². The van der Waals surface area contributed by atoms with Gasteiger partial charge in [0, 0.05) is 19.6 Å². The van der Waals surface area contributed by atoms with Crippen LogP contribution in [-0.4, -0.2) is 24.0 Å². The quantitative estimate of drug-likeness (QED) is 0.769. The largest absolute Gasteiger partial charge is 0.336 e. The summed E-state index contributed by atoms with van der Waals surface area (Å²) < 4.78 is 38.4. The predicted molar refractivity (Wildman–Crippen MR) is 50.1 cm³/mol. The Bertz CT molecular complexity index is 413. The van der Waals surface area contributed by atoms with Crippen molar-refractivity contribution < 1.29 is 18.0 Å². The second-order valence-electron chi connectivity index (χ2n) is 3.53. The number of hydrogen-bond donors (Lipinski definition) is 1. The lowest BCUT2D eigenvalue weighted by Gasteiger charge is -2.14. The van der Waals surface area contributed by atoms with Crippen LogP contribution in [-0.2, 0) is 6.54 Å². The third kappa shape index (κ3) is 1.95. The maximum absolute atomic E-state index is 12.9. The van der Waals surface area contributed by atoms with Crippen molar-refractivity contribution in [1.29, 1.82) is 0 Å². The van der Waals surface area contributed by atoms with Crippen molar-refractivity contribution in [3.05, 3.63) is 35.1 Å². The van der Waals surface area contributed by atoms with Crippen LogP contribution in [0.5, 0.6) is 0 Å². The first-order valence-electron chi connectivity index (χ1n) is 4.74. The van der Waals surface area contributed by atoms with E-state index in [-0.39, 0.29) is 18.1 Å². The monoisotopic (exact) mass is 230 g/mol. The van der Waals surface area contributed by atoms with Crippen molar-refractivity contribution in [3.8, 4) is 0 Å². The Balaban J connectivity index is 2.18. The normalized spacial score (nSPS) is 15.4. The summed E-state index contributed by atoms with van der Waals surface area (Å²) >= 11 is 0. The molecule has 2 amide bonds. The number of urea groups is 1. The van der Waals surface area contributed by atoms with Gasteiger partial charge in [-0.25, -0.2) is 18.0 Å². The molecule has 1 N–H and O–H groups in total. The van der Waals surface area contributed by atoms with E-state index >= 15 is 0 Å². The van der Waals surface area contributed by atoms with Gasteiger partial charge in [-0.1, -0.05) is 0 Å². The smallest absolute Gasteiger partial charge is 0.317 e. The molecule has 6 heteroatoms. The van der Waals surface area contributed by atoms with E-state index in [0.717, 1.165) is 12.1 Å². The molecule has 0 saturated carbocycles. The summed E-state index contributed by atoms with van der Waals surface area (Å²) in [5.74, 6) is -3.97. The molecule has 1 aromatic rings. The van der Waals surface area contributed by atoms with Crippen molar-refractivity contribution >= 4 is 6.03 Å². The third-order valence-electron chi connectivity index (χ3n) is 2.36. The van der Waals surface area contributed by atoms with E-state index in [2.05, 4.69) is 5.32 Å². The molecule has 0 aromatic heterocycles. The topological polar surface area (TPSA) is 32.3 Å². The minimum atomic E-state index is -1.49. The lowest BCUT2D eigenvalue weighted by molar-refractivity contribution is 0.215. The van der Waals surface area contributed by atoms with Gasteiger partial charge in [-0.2, -0.15) is 0 Å². The Morgan fingerprint density at radius 3 is 2.38 bits per heavy atom. The second-order valence-corrected chi connectivity index (χ2v) is 3.53. The van der Waals surface area contributed by atoms with Gasteiger partial charge in [-0.3, -0.25) is 0 Å². The number of carbonyl (C=O) groups is 1. The zero-order chi connectivity index (χ0) is 11.7. The molecule has 0 unspecified atom stereocenters. The van der Waals surface area contributed by atoms with Crippen LogP contribution in [0.25, 0.3) is 0 Å².